The first-order valence-electron chi connectivity index (χ1n) is 4.16. The number of carboxylic acids is 2. The fourth-order valence-corrected chi connectivity index (χ4v) is 0.407. The zero-order valence-corrected chi connectivity index (χ0v) is 8.85. The van der Waals surface area contributed by atoms with Crippen LogP contribution in [0.2, 0.25) is 0 Å². The monoisotopic (exact) mass is 220 g/mol. The van der Waals surface area contributed by atoms with E-state index in [1.165, 1.54) is 13.8 Å². The molecule has 0 aromatic heterocycles. The molecule has 5 N–H and O–H groups in total. The van der Waals surface area contributed by atoms with Crippen molar-refractivity contribution >= 4 is 17.8 Å². The van der Waals surface area contributed by atoms with Gasteiger partial charge in [-0.3, -0.25) is 14.4 Å². The van der Waals surface area contributed by atoms with Crippen molar-refractivity contribution in [2.45, 2.75) is 32.9 Å². The molecule has 0 aromatic rings. The molecule has 1 amide bonds. The van der Waals surface area contributed by atoms with Crippen molar-refractivity contribution in [1.29, 1.82) is 0 Å². The number of rotatable bonds is 3. The Kier molecular flexibility index (Phi) is 8.17. The first kappa shape index (κ1) is 15.8. The predicted molar refractivity (Wildman–Crippen MR) is 52.2 cm³/mol. The van der Waals surface area contributed by atoms with Gasteiger partial charge in [0.15, 0.2) is 0 Å². The van der Waals surface area contributed by atoms with E-state index in [1.807, 2.05) is 0 Å². The van der Waals surface area contributed by atoms with E-state index in [0.717, 1.165) is 6.92 Å². The summed E-state index contributed by atoms with van der Waals surface area (Å²) in [6.07, 6.45) is 0. The van der Waals surface area contributed by atoms with Crippen molar-refractivity contribution in [1.82, 2.24) is 5.32 Å². The van der Waals surface area contributed by atoms with Gasteiger partial charge in [0.1, 0.15) is 6.04 Å². The SMILES string of the molecule is CC(=O)O.C[C@@H](N)C(=O)N[C@H](C)C(=O)O. The maximum absolute atomic E-state index is 10.8. The molecule has 0 radical (unpaired) electrons. The molecule has 0 spiro atoms. The molecule has 0 aliphatic rings. The highest BCUT2D eigenvalue weighted by Crippen LogP contribution is 1.83. The third-order valence-electron chi connectivity index (χ3n) is 1.14. The first-order valence-corrected chi connectivity index (χ1v) is 4.16. The van der Waals surface area contributed by atoms with Crippen LogP contribution in [-0.2, 0) is 14.4 Å². The molecular weight excluding hydrogens is 204 g/mol. The topological polar surface area (TPSA) is 130 Å². The summed E-state index contributed by atoms with van der Waals surface area (Å²) in [5.41, 5.74) is 5.18. The normalized spacial score (nSPS) is 12.8. The first-order chi connectivity index (χ1) is 6.68. The van der Waals surface area contributed by atoms with Crippen LogP contribution in [-0.4, -0.2) is 40.1 Å². The highest BCUT2D eigenvalue weighted by atomic mass is 16.4. The largest absolute Gasteiger partial charge is 0.481 e. The minimum atomic E-state index is -1.07. The Hall–Kier alpha value is -1.63. The van der Waals surface area contributed by atoms with Crippen LogP contribution in [0.25, 0.3) is 0 Å². The Morgan fingerprint density at radius 2 is 1.53 bits per heavy atom. The number of nitrogens with two attached hydrogens (primary N) is 1. The Morgan fingerprint density at radius 3 is 1.73 bits per heavy atom. The van der Waals surface area contributed by atoms with Crippen molar-refractivity contribution < 1.29 is 24.6 Å². The third-order valence-corrected chi connectivity index (χ3v) is 1.14. The lowest BCUT2D eigenvalue weighted by Gasteiger charge is -2.10. The molecule has 0 bridgehead atoms. The van der Waals surface area contributed by atoms with Crippen molar-refractivity contribution in [3.63, 3.8) is 0 Å². The van der Waals surface area contributed by atoms with Gasteiger partial charge in [-0.15, -0.1) is 0 Å². The Bertz CT molecular complexity index is 235. The summed E-state index contributed by atoms with van der Waals surface area (Å²) >= 11 is 0. The zero-order chi connectivity index (χ0) is 12.6. The Balaban J connectivity index is 0. The molecule has 0 aliphatic carbocycles. The molecule has 0 fully saturated rings. The van der Waals surface area contributed by atoms with Gasteiger partial charge in [-0.2, -0.15) is 0 Å². The number of carbonyl (C=O) groups excluding carboxylic acids is 1. The molecule has 7 nitrogen and oxygen atoms in total. The predicted octanol–water partition coefficient (Wildman–Crippen LogP) is -0.986. The van der Waals surface area contributed by atoms with E-state index in [0.29, 0.717) is 0 Å². The van der Waals surface area contributed by atoms with E-state index in [4.69, 9.17) is 20.7 Å². The second kappa shape index (κ2) is 7.74. The quantitative estimate of drug-likeness (QED) is 0.483. The van der Waals surface area contributed by atoms with Crippen molar-refractivity contribution in [2.75, 3.05) is 0 Å². The molecule has 0 rings (SSSR count). The van der Waals surface area contributed by atoms with E-state index in [2.05, 4.69) is 5.32 Å². The summed E-state index contributed by atoms with van der Waals surface area (Å²) < 4.78 is 0. The lowest BCUT2D eigenvalue weighted by Crippen LogP contribution is -2.45. The molecule has 2 atom stereocenters. The van der Waals surface area contributed by atoms with Gasteiger partial charge in [0.2, 0.25) is 5.91 Å². The summed E-state index contributed by atoms with van der Waals surface area (Å²) in [6, 6.07) is -1.55. The van der Waals surface area contributed by atoms with Gasteiger partial charge in [0.05, 0.1) is 6.04 Å². The van der Waals surface area contributed by atoms with Gasteiger partial charge in [-0.25, -0.2) is 0 Å². The number of amides is 1. The van der Waals surface area contributed by atoms with Crippen molar-refractivity contribution in [3.8, 4) is 0 Å². The van der Waals surface area contributed by atoms with Gasteiger partial charge < -0.3 is 21.3 Å². The van der Waals surface area contributed by atoms with E-state index in [9.17, 15) is 9.59 Å². The molecule has 88 valence electrons. The lowest BCUT2D eigenvalue weighted by molar-refractivity contribution is -0.141. The number of nitrogens with one attached hydrogen (secondary N) is 1. The fourth-order valence-electron chi connectivity index (χ4n) is 0.407. The van der Waals surface area contributed by atoms with Gasteiger partial charge in [-0.05, 0) is 13.8 Å². The summed E-state index contributed by atoms with van der Waals surface area (Å²) in [7, 11) is 0. The standard InChI is InChI=1S/C6H12N2O3.C2H4O2/c1-3(7)5(9)8-4(2)6(10)11;1-2(3)4/h3-4H,7H2,1-2H3,(H,8,9)(H,10,11);1H3,(H,3,4)/t3-,4-;/m1./s1. The molecule has 0 saturated heterocycles. The molecule has 0 saturated carbocycles. The van der Waals surface area contributed by atoms with Crippen LogP contribution in [0.1, 0.15) is 20.8 Å². The number of hydrogen-bond donors (Lipinski definition) is 4. The lowest BCUT2D eigenvalue weighted by atomic mass is 10.3. The highest BCUT2D eigenvalue weighted by Gasteiger charge is 2.15. The van der Waals surface area contributed by atoms with Gasteiger partial charge in [0.25, 0.3) is 5.97 Å². The second-order valence-electron chi connectivity index (χ2n) is 2.88. The minimum Gasteiger partial charge on any atom is -0.481 e. The van der Waals surface area contributed by atoms with E-state index < -0.39 is 29.9 Å². The molecule has 0 unspecified atom stereocenters. The molecule has 0 aliphatic heterocycles. The number of carbonyl (C=O) groups is 3. The number of hydrogen-bond acceptors (Lipinski definition) is 4. The molecular formula is C8H16N2O5. The van der Waals surface area contributed by atoms with Crippen LogP contribution < -0.4 is 11.1 Å². The van der Waals surface area contributed by atoms with Crippen molar-refractivity contribution in [2.24, 2.45) is 5.73 Å². The van der Waals surface area contributed by atoms with Gasteiger partial charge in [-0.1, -0.05) is 0 Å². The van der Waals surface area contributed by atoms with E-state index in [1.54, 1.807) is 0 Å². The van der Waals surface area contributed by atoms with Gasteiger partial charge in [0, 0.05) is 6.92 Å². The molecule has 15 heavy (non-hydrogen) atoms. The maximum Gasteiger partial charge on any atom is 0.325 e. The smallest absolute Gasteiger partial charge is 0.325 e. The molecule has 0 heterocycles. The van der Waals surface area contributed by atoms with E-state index in [-0.39, 0.29) is 0 Å². The summed E-state index contributed by atoms with van der Waals surface area (Å²) in [5, 5.41) is 18.0. The Morgan fingerprint density at radius 1 is 1.20 bits per heavy atom. The van der Waals surface area contributed by atoms with Crippen LogP contribution >= 0.6 is 0 Å². The molecule has 7 heteroatoms. The zero-order valence-electron chi connectivity index (χ0n) is 8.85. The average molecular weight is 220 g/mol. The highest BCUT2D eigenvalue weighted by molar-refractivity contribution is 5.86. The summed E-state index contributed by atoms with van der Waals surface area (Å²) in [4.78, 5) is 30.0. The van der Waals surface area contributed by atoms with Crippen LogP contribution in [0, 0.1) is 0 Å². The Labute approximate surface area is 87.3 Å². The second-order valence-corrected chi connectivity index (χ2v) is 2.88. The molecule has 0 aromatic carbocycles. The number of carboxylic acid groups (broad SMARTS) is 2. The summed E-state index contributed by atoms with van der Waals surface area (Å²) in [6.45, 7) is 3.95. The van der Waals surface area contributed by atoms with Crippen LogP contribution in [0.3, 0.4) is 0 Å². The minimum absolute atomic E-state index is 0.458. The van der Waals surface area contributed by atoms with Crippen molar-refractivity contribution in [3.05, 3.63) is 0 Å². The summed E-state index contributed by atoms with van der Waals surface area (Å²) in [5.74, 6) is -2.36. The average Bonchev–Trinajstić information content (AvgIpc) is 2.02. The van der Waals surface area contributed by atoms with E-state index >= 15 is 0 Å². The maximum atomic E-state index is 10.8. The van der Waals surface area contributed by atoms with Gasteiger partial charge >= 0.3 is 5.97 Å². The van der Waals surface area contributed by atoms with Crippen LogP contribution in [0.5, 0.6) is 0 Å². The van der Waals surface area contributed by atoms with Crippen LogP contribution in [0.15, 0.2) is 0 Å². The third kappa shape index (κ3) is 12.4. The van der Waals surface area contributed by atoms with Crippen LogP contribution in [0.4, 0.5) is 0 Å². The number of aliphatic carboxylic acids is 2. The fraction of sp³-hybridized carbons (Fsp3) is 0.625.